The normalized spacial score (nSPS) is 12.2. The third-order valence-electron chi connectivity index (χ3n) is 4.86. The molecule has 30 heavy (non-hydrogen) atoms. The molecule has 0 amide bonds. The van der Waals surface area contributed by atoms with Crippen molar-refractivity contribution in [2.75, 3.05) is 20.3 Å². The molecule has 0 radical (unpaired) electrons. The number of benzene rings is 1. The maximum Gasteiger partial charge on any atom is 0.191 e. The van der Waals surface area contributed by atoms with Crippen molar-refractivity contribution in [3.63, 3.8) is 0 Å². The Balaban J connectivity index is 2.09. The van der Waals surface area contributed by atoms with Crippen LogP contribution in [-0.4, -0.2) is 42.0 Å². The van der Waals surface area contributed by atoms with E-state index in [0.29, 0.717) is 18.0 Å². The number of terminal acetylenes is 1. The molecule has 0 saturated heterocycles. The number of aliphatic imine (C=N–C) groups is 1. The van der Waals surface area contributed by atoms with Gasteiger partial charge in [0.1, 0.15) is 6.61 Å². The standard InChI is InChI=1S/C23H33N5O2/c1-8-12-30-22-14-19(10-11-21(22)29-7)15-25-23(24-9-2)26-16(3)13-20-17(4)27-28(6)18(20)5/h1,10-11,14,16H,9,12-13,15H2,2-7H3,(H2,24,25,26). The number of ether oxygens (including phenoxy) is 2. The van der Waals surface area contributed by atoms with Gasteiger partial charge in [0.2, 0.25) is 0 Å². The summed E-state index contributed by atoms with van der Waals surface area (Å²) in [5.74, 6) is 4.52. The van der Waals surface area contributed by atoms with Gasteiger partial charge in [0.05, 0.1) is 19.3 Å². The number of nitrogens with zero attached hydrogens (tertiary/aromatic N) is 3. The summed E-state index contributed by atoms with van der Waals surface area (Å²) in [7, 11) is 3.59. The lowest BCUT2D eigenvalue weighted by molar-refractivity contribution is 0.330. The van der Waals surface area contributed by atoms with Crippen molar-refractivity contribution in [2.45, 2.75) is 46.7 Å². The lowest BCUT2D eigenvalue weighted by Crippen LogP contribution is -2.43. The second kappa shape index (κ2) is 11.1. The quantitative estimate of drug-likeness (QED) is 0.377. The van der Waals surface area contributed by atoms with E-state index in [1.54, 1.807) is 7.11 Å². The summed E-state index contributed by atoms with van der Waals surface area (Å²) >= 11 is 0. The van der Waals surface area contributed by atoms with E-state index in [4.69, 9.17) is 20.9 Å². The SMILES string of the molecule is C#CCOc1cc(CN=C(NCC)NC(C)Cc2c(C)nn(C)c2C)ccc1OC. The minimum absolute atomic E-state index is 0.192. The van der Waals surface area contributed by atoms with E-state index in [1.165, 1.54) is 11.3 Å². The minimum Gasteiger partial charge on any atom is -0.493 e. The van der Waals surface area contributed by atoms with Crippen LogP contribution in [0.1, 0.15) is 36.4 Å². The first kappa shape index (κ1) is 23.1. The van der Waals surface area contributed by atoms with Gasteiger partial charge < -0.3 is 20.1 Å². The topological polar surface area (TPSA) is 72.7 Å². The van der Waals surface area contributed by atoms with Gasteiger partial charge in [0, 0.05) is 25.3 Å². The van der Waals surface area contributed by atoms with Gasteiger partial charge in [0.25, 0.3) is 0 Å². The lowest BCUT2D eigenvalue weighted by atomic mass is 10.1. The molecular formula is C23H33N5O2. The summed E-state index contributed by atoms with van der Waals surface area (Å²) in [6.45, 7) is 9.83. The number of aryl methyl sites for hydroxylation is 2. The number of nitrogens with one attached hydrogen (secondary N) is 2. The second-order valence-corrected chi connectivity index (χ2v) is 7.20. The van der Waals surface area contributed by atoms with Crippen molar-refractivity contribution in [2.24, 2.45) is 12.0 Å². The molecule has 1 atom stereocenters. The summed E-state index contributed by atoms with van der Waals surface area (Å²) in [4.78, 5) is 4.73. The van der Waals surface area contributed by atoms with Crippen LogP contribution in [0.3, 0.4) is 0 Å². The molecule has 162 valence electrons. The van der Waals surface area contributed by atoms with Gasteiger partial charge in [-0.05, 0) is 57.4 Å². The number of hydrogen-bond donors (Lipinski definition) is 2. The molecule has 0 saturated carbocycles. The second-order valence-electron chi connectivity index (χ2n) is 7.20. The number of methoxy groups -OCH3 is 1. The molecular weight excluding hydrogens is 378 g/mol. The molecule has 0 aliphatic rings. The van der Waals surface area contributed by atoms with E-state index in [9.17, 15) is 0 Å². The van der Waals surface area contributed by atoms with E-state index in [2.05, 4.69) is 49.3 Å². The van der Waals surface area contributed by atoms with Gasteiger partial charge in [0.15, 0.2) is 17.5 Å². The molecule has 0 spiro atoms. The largest absolute Gasteiger partial charge is 0.493 e. The zero-order valence-electron chi connectivity index (χ0n) is 18.9. The van der Waals surface area contributed by atoms with E-state index in [-0.39, 0.29) is 12.6 Å². The Morgan fingerprint density at radius 3 is 2.70 bits per heavy atom. The van der Waals surface area contributed by atoms with Crippen LogP contribution in [0.4, 0.5) is 0 Å². The Morgan fingerprint density at radius 2 is 2.10 bits per heavy atom. The maximum absolute atomic E-state index is 5.58. The van der Waals surface area contributed by atoms with Gasteiger partial charge in [-0.2, -0.15) is 5.10 Å². The summed E-state index contributed by atoms with van der Waals surface area (Å²) in [6, 6.07) is 5.96. The molecule has 1 aromatic heterocycles. The molecule has 0 aliphatic carbocycles. The Labute approximate surface area is 179 Å². The van der Waals surface area contributed by atoms with Crippen LogP contribution in [-0.2, 0) is 20.0 Å². The fourth-order valence-corrected chi connectivity index (χ4v) is 3.25. The minimum atomic E-state index is 0.192. The molecule has 0 fully saturated rings. The first-order valence-electron chi connectivity index (χ1n) is 10.2. The van der Waals surface area contributed by atoms with Crippen molar-refractivity contribution in [3.05, 3.63) is 40.7 Å². The Hall–Kier alpha value is -3.14. The Bertz CT molecular complexity index is 911. The average molecular weight is 412 g/mol. The number of rotatable bonds is 9. The van der Waals surface area contributed by atoms with Gasteiger partial charge in [-0.15, -0.1) is 6.42 Å². The van der Waals surface area contributed by atoms with E-state index in [0.717, 1.165) is 30.2 Å². The highest BCUT2D eigenvalue weighted by Gasteiger charge is 2.14. The van der Waals surface area contributed by atoms with Crippen molar-refractivity contribution in [3.8, 4) is 23.8 Å². The molecule has 7 nitrogen and oxygen atoms in total. The van der Waals surface area contributed by atoms with Gasteiger partial charge in [-0.3, -0.25) is 4.68 Å². The molecule has 0 aliphatic heterocycles. The highest BCUT2D eigenvalue weighted by molar-refractivity contribution is 5.80. The molecule has 2 aromatic rings. The number of hydrogen-bond acceptors (Lipinski definition) is 4. The number of aromatic nitrogens is 2. The monoisotopic (exact) mass is 411 g/mol. The highest BCUT2D eigenvalue weighted by Crippen LogP contribution is 2.28. The molecule has 2 N–H and O–H groups in total. The Kier molecular flexibility index (Phi) is 8.60. The van der Waals surface area contributed by atoms with Gasteiger partial charge >= 0.3 is 0 Å². The molecule has 2 rings (SSSR count). The summed E-state index contributed by atoms with van der Waals surface area (Å²) in [5, 5.41) is 11.3. The third kappa shape index (κ3) is 6.18. The molecule has 7 heteroatoms. The van der Waals surface area contributed by atoms with Crippen LogP contribution < -0.4 is 20.1 Å². The maximum atomic E-state index is 5.58. The van der Waals surface area contributed by atoms with Gasteiger partial charge in [-0.1, -0.05) is 12.0 Å². The van der Waals surface area contributed by atoms with Crippen LogP contribution in [0.5, 0.6) is 11.5 Å². The first-order valence-corrected chi connectivity index (χ1v) is 10.2. The van der Waals surface area contributed by atoms with Crippen molar-refractivity contribution in [1.29, 1.82) is 0 Å². The smallest absolute Gasteiger partial charge is 0.191 e. The average Bonchev–Trinajstić information content (AvgIpc) is 2.96. The van der Waals surface area contributed by atoms with E-state index >= 15 is 0 Å². The third-order valence-corrected chi connectivity index (χ3v) is 4.86. The summed E-state index contributed by atoms with van der Waals surface area (Å²) < 4.78 is 12.8. The lowest BCUT2D eigenvalue weighted by Gasteiger charge is -2.18. The Morgan fingerprint density at radius 1 is 1.33 bits per heavy atom. The van der Waals surface area contributed by atoms with Crippen molar-refractivity contribution >= 4 is 5.96 Å². The fraction of sp³-hybridized carbons (Fsp3) is 0.478. The number of guanidine groups is 1. The zero-order valence-corrected chi connectivity index (χ0v) is 18.9. The van der Waals surface area contributed by atoms with Crippen LogP contribution in [0.2, 0.25) is 0 Å². The zero-order chi connectivity index (χ0) is 22.1. The molecule has 1 unspecified atom stereocenters. The summed E-state index contributed by atoms with van der Waals surface area (Å²) in [6.07, 6.45) is 6.18. The van der Waals surface area contributed by atoms with Crippen LogP contribution in [0.25, 0.3) is 0 Å². The van der Waals surface area contributed by atoms with E-state index < -0.39 is 0 Å². The molecule has 1 aromatic carbocycles. The predicted molar refractivity (Wildman–Crippen MR) is 121 cm³/mol. The van der Waals surface area contributed by atoms with Crippen LogP contribution in [0.15, 0.2) is 23.2 Å². The van der Waals surface area contributed by atoms with Crippen molar-refractivity contribution in [1.82, 2.24) is 20.4 Å². The van der Waals surface area contributed by atoms with Crippen LogP contribution in [0, 0.1) is 26.2 Å². The van der Waals surface area contributed by atoms with Crippen LogP contribution >= 0.6 is 0 Å². The highest BCUT2D eigenvalue weighted by atomic mass is 16.5. The van der Waals surface area contributed by atoms with E-state index in [1.807, 2.05) is 29.9 Å². The van der Waals surface area contributed by atoms with Crippen molar-refractivity contribution < 1.29 is 9.47 Å². The predicted octanol–water partition coefficient (Wildman–Crippen LogP) is 2.74. The summed E-state index contributed by atoms with van der Waals surface area (Å²) in [5.41, 5.74) is 4.55. The molecule has 0 bridgehead atoms. The fourth-order valence-electron chi connectivity index (χ4n) is 3.25. The first-order chi connectivity index (χ1) is 14.4. The molecule has 1 heterocycles. The van der Waals surface area contributed by atoms with Gasteiger partial charge in [-0.25, -0.2) is 4.99 Å².